The highest BCUT2D eigenvalue weighted by Gasteiger charge is 2.04. The minimum Gasteiger partial charge on any atom is -0.360 e. The number of hydrogen-bond acceptors (Lipinski definition) is 1. The van der Waals surface area contributed by atoms with Crippen molar-refractivity contribution in [3.05, 3.63) is 24.3 Å². The van der Waals surface area contributed by atoms with Gasteiger partial charge in [-0.25, -0.2) is 0 Å². The van der Waals surface area contributed by atoms with Gasteiger partial charge in [0.25, 0.3) is 0 Å². The maximum Gasteiger partial charge on any atom is 0.127 e. The Hall–Kier alpha value is -1.05. The number of rotatable bonds is 5. The second kappa shape index (κ2) is 6.46. The van der Waals surface area contributed by atoms with Gasteiger partial charge in [-0.05, 0) is 13.3 Å². The fourth-order valence-electron chi connectivity index (χ4n) is 1.03. The van der Waals surface area contributed by atoms with Crippen LogP contribution in [0.15, 0.2) is 24.3 Å². The Morgan fingerprint density at radius 2 is 2.15 bits per heavy atom. The maximum absolute atomic E-state index is 7.76. The summed E-state index contributed by atoms with van der Waals surface area (Å²) in [5, 5.41) is 7.76. The SMILES string of the molecule is C=C(/C=C\C)C(=N)N(C)CCCC. The number of unbranched alkanes of at least 4 members (excludes halogenated alkanes) is 1. The molecule has 0 atom stereocenters. The van der Waals surface area contributed by atoms with Crippen molar-refractivity contribution in [2.24, 2.45) is 0 Å². The van der Waals surface area contributed by atoms with Crippen molar-refractivity contribution >= 4 is 5.84 Å². The monoisotopic (exact) mass is 180 g/mol. The lowest BCUT2D eigenvalue weighted by atomic mass is 10.2. The van der Waals surface area contributed by atoms with Crippen molar-refractivity contribution < 1.29 is 0 Å². The quantitative estimate of drug-likeness (QED) is 0.393. The molecule has 0 fully saturated rings. The van der Waals surface area contributed by atoms with E-state index in [9.17, 15) is 0 Å². The van der Waals surface area contributed by atoms with Crippen molar-refractivity contribution in [3.8, 4) is 0 Å². The molecule has 1 N–H and O–H groups in total. The summed E-state index contributed by atoms with van der Waals surface area (Å²) in [6, 6.07) is 0. The molecule has 74 valence electrons. The van der Waals surface area contributed by atoms with Crippen LogP contribution in [0.5, 0.6) is 0 Å². The van der Waals surface area contributed by atoms with E-state index in [1.54, 1.807) is 0 Å². The van der Waals surface area contributed by atoms with E-state index in [0.717, 1.165) is 25.0 Å². The van der Waals surface area contributed by atoms with Crippen LogP contribution in [0.25, 0.3) is 0 Å². The Balaban J connectivity index is 4.02. The molecule has 0 spiro atoms. The van der Waals surface area contributed by atoms with Gasteiger partial charge in [-0.3, -0.25) is 5.41 Å². The first-order valence-corrected chi connectivity index (χ1v) is 4.75. The summed E-state index contributed by atoms with van der Waals surface area (Å²) in [4.78, 5) is 1.94. The summed E-state index contributed by atoms with van der Waals surface area (Å²) >= 11 is 0. The molecule has 2 nitrogen and oxygen atoms in total. The lowest BCUT2D eigenvalue weighted by Gasteiger charge is -2.19. The summed E-state index contributed by atoms with van der Waals surface area (Å²) in [6.45, 7) is 8.84. The van der Waals surface area contributed by atoms with Gasteiger partial charge in [-0.1, -0.05) is 32.1 Å². The van der Waals surface area contributed by atoms with Crippen LogP contribution >= 0.6 is 0 Å². The third-order valence-corrected chi connectivity index (χ3v) is 1.90. The number of amidine groups is 1. The van der Waals surface area contributed by atoms with E-state index in [1.165, 1.54) is 0 Å². The molecule has 0 rings (SSSR count). The number of likely N-dealkylation sites (N-methyl/N-ethyl adjacent to an activating group) is 1. The normalized spacial score (nSPS) is 10.4. The lowest BCUT2D eigenvalue weighted by molar-refractivity contribution is 0.482. The summed E-state index contributed by atoms with van der Waals surface area (Å²) in [5.74, 6) is 0.520. The van der Waals surface area contributed by atoms with E-state index < -0.39 is 0 Å². The van der Waals surface area contributed by atoms with Crippen LogP contribution in [0.4, 0.5) is 0 Å². The average Bonchev–Trinajstić information content (AvgIpc) is 2.13. The van der Waals surface area contributed by atoms with Crippen LogP contribution in [0, 0.1) is 5.41 Å². The predicted molar refractivity (Wildman–Crippen MR) is 59.2 cm³/mol. The predicted octanol–water partition coefficient (Wildman–Crippen LogP) is 2.83. The van der Waals surface area contributed by atoms with Gasteiger partial charge >= 0.3 is 0 Å². The van der Waals surface area contributed by atoms with Gasteiger partial charge in [-0.15, -0.1) is 0 Å². The maximum atomic E-state index is 7.76. The Kier molecular flexibility index (Phi) is 5.94. The van der Waals surface area contributed by atoms with Crippen molar-refractivity contribution in [1.82, 2.24) is 4.90 Å². The molecule has 0 aliphatic heterocycles. The van der Waals surface area contributed by atoms with Gasteiger partial charge < -0.3 is 4.90 Å². The van der Waals surface area contributed by atoms with E-state index in [0.29, 0.717) is 5.84 Å². The zero-order valence-corrected chi connectivity index (χ0v) is 8.93. The van der Waals surface area contributed by atoms with E-state index in [2.05, 4.69) is 13.5 Å². The Labute approximate surface area is 81.5 Å². The molecule has 2 heteroatoms. The lowest BCUT2D eigenvalue weighted by Crippen LogP contribution is -2.27. The van der Waals surface area contributed by atoms with Crippen molar-refractivity contribution in [3.63, 3.8) is 0 Å². The highest BCUT2D eigenvalue weighted by molar-refractivity contribution is 5.97. The Bertz CT molecular complexity index is 204. The molecular formula is C11H20N2. The van der Waals surface area contributed by atoms with E-state index in [4.69, 9.17) is 5.41 Å². The van der Waals surface area contributed by atoms with Crippen LogP contribution < -0.4 is 0 Å². The molecule has 0 unspecified atom stereocenters. The smallest absolute Gasteiger partial charge is 0.127 e. The van der Waals surface area contributed by atoms with Gasteiger partial charge in [0.15, 0.2) is 0 Å². The highest BCUT2D eigenvalue weighted by atomic mass is 15.1. The fraction of sp³-hybridized carbons (Fsp3) is 0.545. The summed E-state index contributed by atoms with van der Waals surface area (Å²) < 4.78 is 0. The Morgan fingerprint density at radius 3 is 2.62 bits per heavy atom. The molecule has 13 heavy (non-hydrogen) atoms. The molecule has 0 aromatic heterocycles. The molecule has 0 amide bonds. The van der Waals surface area contributed by atoms with Gasteiger partial charge in [0.1, 0.15) is 5.84 Å². The van der Waals surface area contributed by atoms with Crippen molar-refractivity contribution in [2.75, 3.05) is 13.6 Å². The number of hydrogen-bond donors (Lipinski definition) is 1. The second-order valence-electron chi connectivity index (χ2n) is 3.15. The zero-order valence-electron chi connectivity index (χ0n) is 8.93. The summed E-state index contributed by atoms with van der Waals surface area (Å²) in [7, 11) is 1.94. The molecule has 0 saturated carbocycles. The first-order valence-electron chi connectivity index (χ1n) is 4.75. The minimum absolute atomic E-state index is 0.520. The molecule has 0 heterocycles. The third kappa shape index (κ3) is 4.51. The number of allylic oxidation sites excluding steroid dienone is 1. The Morgan fingerprint density at radius 1 is 1.54 bits per heavy atom. The van der Waals surface area contributed by atoms with Crippen molar-refractivity contribution in [1.29, 1.82) is 5.41 Å². The molecule has 0 bridgehead atoms. The van der Waals surface area contributed by atoms with Gasteiger partial charge in [0.2, 0.25) is 0 Å². The first-order chi connectivity index (χ1) is 6.13. The molecular weight excluding hydrogens is 160 g/mol. The molecule has 0 aliphatic rings. The van der Waals surface area contributed by atoms with Crippen LogP contribution in [0.2, 0.25) is 0 Å². The summed E-state index contributed by atoms with van der Waals surface area (Å²) in [6.07, 6.45) is 6.06. The summed E-state index contributed by atoms with van der Waals surface area (Å²) in [5.41, 5.74) is 0.779. The third-order valence-electron chi connectivity index (χ3n) is 1.90. The van der Waals surface area contributed by atoms with Crippen LogP contribution in [0.1, 0.15) is 26.7 Å². The molecule has 0 radical (unpaired) electrons. The van der Waals surface area contributed by atoms with Crippen LogP contribution in [0.3, 0.4) is 0 Å². The largest absolute Gasteiger partial charge is 0.360 e. The molecule has 0 aromatic rings. The van der Waals surface area contributed by atoms with Crippen molar-refractivity contribution in [2.45, 2.75) is 26.7 Å². The molecule has 0 aliphatic carbocycles. The van der Waals surface area contributed by atoms with Gasteiger partial charge in [0, 0.05) is 19.2 Å². The van der Waals surface area contributed by atoms with Gasteiger partial charge in [0.05, 0.1) is 0 Å². The topological polar surface area (TPSA) is 27.1 Å². The number of nitrogens with zero attached hydrogens (tertiary/aromatic N) is 1. The molecule has 0 saturated heterocycles. The fourth-order valence-corrected chi connectivity index (χ4v) is 1.03. The van der Waals surface area contributed by atoms with Gasteiger partial charge in [-0.2, -0.15) is 0 Å². The van der Waals surface area contributed by atoms with E-state index >= 15 is 0 Å². The average molecular weight is 180 g/mol. The highest BCUT2D eigenvalue weighted by Crippen LogP contribution is 2.01. The minimum atomic E-state index is 0.520. The van der Waals surface area contributed by atoms with Crippen LogP contribution in [-0.4, -0.2) is 24.3 Å². The van der Waals surface area contributed by atoms with E-state index in [-0.39, 0.29) is 0 Å². The number of nitrogens with one attached hydrogen (secondary N) is 1. The second-order valence-corrected chi connectivity index (χ2v) is 3.15. The van der Waals surface area contributed by atoms with Crippen LogP contribution in [-0.2, 0) is 0 Å². The molecule has 0 aromatic carbocycles. The standard InChI is InChI=1S/C11H20N2/c1-5-7-9-13(4)11(12)10(3)8-6-2/h6,8,12H,3,5,7,9H2,1-2,4H3/b8-6-,12-11?. The zero-order chi connectivity index (χ0) is 10.3. The first kappa shape index (κ1) is 11.9. The van der Waals surface area contributed by atoms with E-state index in [1.807, 2.05) is 31.0 Å².